The van der Waals surface area contributed by atoms with Crippen molar-refractivity contribution >= 4 is 22.6 Å². The van der Waals surface area contributed by atoms with Crippen LogP contribution in [0.3, 0.4) is 0 Å². The number of para-hydroxylation sites is 2. The number of nitrogens with zero attached hydrogens (tertiary/aromatic N) is 2. The number of fused-ring (bicyclic) bond motifs is 1. The van der Waals surface area contributed by atoms with Crippen LogP contribution in [0, 0.1) is 5.82 Å². The molecule has 1 fully saturated rings. The lowest BCUT2D eigenvalue weighted by Crippen LogP contribution is -2.47. The van der Waals surface area contributed by atoms with Gasteiger partial charge in [0.2, 0.25) is 0 Å². The van der Waals surface area contributed by atoms with E-state index in [4.69, 9.17) is 4.42 Å². The molecule has 156 valence electrons. The molecule has 0 unspecified atom stereocenters. The van der Waals surface area contributed by atoms with Crippen molar-refractivity contribution < 1.29 is 13.6 Å². The normalized spacial score (nSPS) is 14.8. The molecular weight excluding hydrogens is 385 g/mol. The Morgan fingerprint density at radius 1 is 1.03 bits per heavy atom. The molecule has 2 aromatic carbocycles. The average molecular weight is 409 g/mol. The lowest BCUT2D eigenvalue weighted by Gasteiger charge is -2.36. The van der Waals surface area contributed by atoms with E-state index in [1.54, 1.807) is 30.3 Å². The van der Waals surface area contributed by atoms with E-state index >= 15 is 0 Å². The average Bonchev–Trinajstić information content (AvgIpc) is 2.77. The second kappa shape index (κ2) is 9.09. The Hall–Kier alpha value is -3.19. The van der Waals surface area contributed by atoms with Crippen LogP contribution < -0.4 is 15.8 Å². The number of nitrogens with one attached hydrogen (secondary N) is 1. The number of hydrogen-bond acceptors (Lipinski definition) is 5. The minimum absolute atomic E-state index is 0.0206. The van der Waals surface area contributed by atoms with E-state index in [0.29, 0.717) is 17.8 Å². The van der Waals surface area contributed by atoms with Gasteiger partial charge in [-0.1, -0.05) is 30.3 Å². The summed E-state index contributed by atoms with van der Waals surface area (Å²) in [6.45, 7) is 4.53. The third-order valence-electron chi connectivity index (χ3n) is 5.39. The van der Waals surface area contributed by atoms with Gasteiger partial charge in [0.25, 0.3) is 5.91 Å². The van der Waals surface area contributed by atoms with Gasteiger partial charge in [-0.25, -0.2) is 9.18 Å². The number of piperazine rings is 1. The van der Waals surface area contributed by atoms with Gasteiger partial charge in [-0.3, -0.25) is 9.69 Å². The fraction of sp³-hybridized carbons (Fsp3) is 0.304. The van der Waals surface area contributed by atoms with E-state index in [9.17, 15) is 14.0 Å². The monoisotopic (exact) mass is 409 g/mol. The van der Waals surface area contributed by atoms with Gasteiger partial charge in [0.15, 0.2) is 0 Å². The number of carbonyl (C=O) groups is 1. The molecule has 1 aromatic heterocycles. The van der Waals surface area contributed by atoms with Crippen molar-refractivity contribution in [3.8, 4) is 0 Å². The van der Waals surface area contributed by atoms with Gasteiger partial charge in [-0.15, -0.1) is 0 Å². The van der Waals surface area contributed by atoms with E-state index in [1.807, 2.05) is 18.2 Å². The first-order valence-electron chi connectivity index (χ1n) is 10.1. The van der Waals surface area contributed by atoms with Crippen molar-refractivity contribution in [2.45, 2.75) is 6.42 Å². The van der Waals surface area contributed by atoms with Gasteiger partial charge in [-0.2, -0.15) is 0 Å². The van der Waals surface area contributed by atoms with Crippen LogP contribution in [0.5, 0.6) is 0 Å². The van der Waals surface area contributed by atoms with Crippen LogP contribution in [0.15, 0.2) is 63.8 Å². The molecule has 1 N–H and O–H groups in total. The molecule has 3 aromatic rings. The number of rotatable bonds is 6. The Kier molecular flexibility index (Phi) is 6.09. The maximum Gasteiger partial charge on any atom is 0.349 e. The van der Waals surface area contributed by atoms with Crippen LogP contribution in [-0.4, -0.2) is 50.1 Å². The van der Waals surface area contributed by atoms with Gasteiger partial charge in [0.1, 0.15) is 17.0 Å². The molecule has 0 radical (unpaired) electrons. The largest absolute Gasteiger partial charge is 0.422 e. The van der Waals surface area contributed by atoms with Gasteiger partial charge < -0.3 is 14.6 Å². The maximum atomic E-state index is 13.9. The fourth-order valence-corrected chi connectivity index (χ4v) is 3.74. The predicted molar refractivity (Wildman–Crippen MR) is 114 cm³/mol. The zero-order valence-electron chi connectivity index (χ0n) is 16.6. The molecule has 0 bridgehead atoms. The zero-order valence-corrected chi connectivity index (χ0v) is 16.6. The van der Waals surface area contributed by atoms with Gasteiger partial charge in [0, 0.05) is 38.1 Å². The molecule has 6 nitrogen and oxygen atoms in total. The second-order valence-electron chi connectivity index (χ2n) is 7.37. The topological polar surface area (TPSA) is 65.8 Å². The Morgan fingerprint density at radius 2 is 1.77 bits per heavy atom. The van der Waals surface area contributed by atoms with Crippen molar-refractivity contribution in [3.63, 3.8) is 0 Å². The lowest BCUT2D eigenvalue weighted by atomic mass is 10.2. The highest BCUT2D eigenvalue weighted by Gasteiger charge is 2.19. The fourth-order valence-electron chi connectivity index (χ4n) is 3.74. The Balaban J connectivity index is 1.23. The van der Waals surface area contributed by atoms with Crippen LogP contribution in [0.1, 0.15) is 16.8 Å². The molecule has 1 aliphatic rings. The zero-order chi connectivity index (χ0) is 20.9. The summed E-state index contributed by atoms with van der Waals surface area (Å²) in [7, 11) is 0. The number of hydrogen-bond donors (Lipinski definition) is 1. The third kappa shape index (κ3) is 4.52. The molecule has 4 rings (SSSR count). The summed E-state index contributed by atoms with van der Waals surface area (Å²) in [4.78, 5) is 28.8. The smallest absolute Gasteiger partial charge is 0.349 e. The molecule has 1 saturated heterocycles. The molecule has 7 heteroatoms. The van der Waals surface area contributed by atoms with Crippen molar-refractivity contribution in [1.29, 1.82) is 0 Å². The van der Waals surface area contributed by atoms with E-state index in [-0.39, 0.29) is 11.4 Å². The predicted octanol–water partition coefficient (Wildman–Crippen LogP) is 2.87. The molecular formula is C23H24FN3O3. The minimum atomic E-state index is -0.629. The summed E-state index contributed by atoms with van der Waals surface area (Å²) >= 11 is 0. The number of benzene rings is 2. The van der Waals surface area contributed by atoms with Crippen molar-refractivity contribution in [3.05, 3.63) is 76.4 Å². The van der Waals surface area contributed by atoms with Gasteiger partial charge in [-0.05, 0) is 37.2 Å². The quantitative estimate of drug-likeness (QED) is 0.501. The Bertz CT molecular complexity index is 1090. The van der Waals surface area contributed by atoms with Crippen LogP contribution in [-0.2, 0) is 0 Å². The van der Waals surface area contributed by atoms with Crippen LogP contribution >= 0.6 is 0 Å². The Morgan fingerprint density at radius 3 is 2.57 bits per heavy atom. The summed E-state index contributed by atoms with van der Waals surface area (Å²) in [6.07, 6.45) is 0.768. The third-order valence-corrected chi connectivity index (χ3v) is 5.39. The first kappa shape index (κ1) is 20.1. The van der Waals surface area contributed by atoms with E-state index < -0.39 is 11.5 Å². The summed E-state index contributed by atoms with van der Waals surface area (Å²) in [5.41, 5.74) is 0.509. The summed E-state index contributed by atoms with van der Waals surface area (Å²) in [5.74, 6) is -0.606. The highest BCUT2D eigenvalue weighted by atomic mass is 19.1. The van der Waals surface area contributed by atoms with E-state index in [2.05, 4.69) is 15.1 Å². The molecule has 2 heterocycles. The number of halogens is 1. The molecule has 1 aliphatic heterocycles. The minimum Gasteiger partial charge on any atom is -0.422 e. The van der Waals surface area contributed by atoms with Crippen LogP contribution in [0.25, 0.3) is 11.0 Å². The summed E-state index contributed by atoms with van der Waals surface area (Å²) < 4.78 is 19.1. The molecule has 0 spiro atoms. The highest BCUT2D eigenvalue weighted by molar-refractivity contribution is 5.96. The first-order chi connectivity index (χ1) is 14.6. The number of amides is 1. The lowest BCUT2D eigenvalue weighted by molar-refractivity contribution is 0.0948. The number of carbonyl (C=O) groups excluding carboxylic acids is 1. The summed E-state index contributed by atoms with van der Waals surface area (Å²) in [5, 5.41) is 3.52. The highest BCUT2D eigenvalue weighted by Crippen LogP contribution is 2.20. The summed E-state index contributed by atoms with van der Waals surface area (Å²) in [6, 6.07) is 15.5. The van der Waals surface area contributed by atoms with Gasteiger partial charge >= 0.3 is 5.63 Å². The van der Waals surface area contributed by atoms with E-state index in [0.717, 1.165) is 44.5 Å². The SMILES string of the molecule is O=C(NCCCN1CCN(c2ccccc2F)CC1)c1cc2ccccc2oc1=O. The molecule has 0 saturated carbocycles. The molecule has 30 heavy (non-hydrogen) atoms. The number of anilines is 1. The van der Waals surface area contributed by atoms with E-state index in [1.165, 1.54) is 6.07 Å². The molecule has 0 aliphatic carbocycles. The molecule has 1 amide bonds. The van der Waals surface area contributed by atoms with Crippen molar-refractivity contribution in [2.24, 2.45) is 0 Å². The maximum absolute atomic E-state index is 13.9. The van der Waals surface area contributed by atoms with Crippen molar-refractivity contribution in [2.75, 3.05) is 44.2 Å². The van der Waals surface area contributed by atoms with Gasteiger partial charge in [0.05, 0.1) is 5.69 Å². The van der Waals surface area contributed by atoms with Crippen LogP contribution in [0.4, 0.5) is 10.1 Å². The standard InChI is InChI=1S/C23H24FN3O3/c24-19-7-2-3-8-20(19)27-14-12-26(13-15-27)11-5-10-25-22(28)18-16-17-6-1-4-9-21(17)30-23(18)29/h1-4,6-9,16H,5,10-15H2,(H,25,28). The molecule has 0 atom stereocenters. The van der Waals surface area contributed by atoms with Crippen molar-refractivity contribution in [1.82, 2.24) is 10.2 Å². The Labute approximate surface area is 173 Å². The van der Waals surface area contributed by atoms with Crippen LogP contribution in [0.2, 0.25) is 0 Å². The first-order valence-corrected chi connectivity index (χ1v) is 10.1. The second-order valence-corrected chi connectivity index (χ2v) is 7.37.